The van der Waals surface area contributed by atoms with Crippen LogP contribution in [0.1, 0.15) is 149 Å². The van der Waals surface area contributed by atoms with Crippen molar-refractivity contribution in [2.24, 2.45) is 5.73 Å². The van der Waals surface area contributed by atoms with Gasteiger partial charge in [-0.2, -0.15) is 0 Å². The second-order valence-corrected chi connectivity index (χ2v) is 17.0. The van der Waals surface area contributed by atoms with Gasteiger partial charge in [-0.15, -0.1) is 23.2 Å². The van der Waals surface area contributed by atoms with E-state index in [1.165, 1.54) is 37.1 Å². The third-order valence-corrected chi connectivity index (χ3v) is 11.2. The predicted octanol–water partition coefficient (Wildman–Crippen LogP) is 8.24. The molecule has 0 fully saturated rings. The molecule has 0 atom stereocenters. The number of nitrogens with one attached hydrogen (secondary N) is 6. The third kappa shape index (κ3) is 16.5. The van der Waals surface area contributed by atoms with E-state index in [0.717, 1.165) is 45.3 Å². The average molecular weight is 985 g/mol. The molecule has 0 spiro atoms. The molecule has 0 saturated carbocycles. The number of hydrogen-bond donors (Lipinski definition) is 7. The fraction of sp³-hybridized carbons (Fsp3) is 0.385. The van der Waals surface area contributed by atoms with Gasteiger partial charge in [0.2, 0.25) is 23.6 Å². The van der Waals surface area contributed by atoms with Gasteiger partial charge in [-0.3, -0.25) is 38.4 Å². The Morgan fingerprint density at radius 2 is 0.681 bits per heavy atom. The van der Waals surface area contributed by atoms with Crippen molar-refractivity contribution in [1.82, 2.24) is 10.6 Å². The molecule has 0 heterocycles. The quantitative estimate of drug-likeness (QED) is 0.0253. The Kier molecular flexibility index (Phi) is 23.4. The summed E-state index contributed by atoms with van der Waals surface area (Å²) in [4.78, 5) is 100. The summed E-state index contributed by atoms with van der Waals surface area (Å²) in [5, 5.41) is 17.4. The van der Waals surface area contributed by atoms with E-state index in [0.29, 0.717) is 59.8 Å². The van der Waals surface area contributed by atoms with E-state index in [4.69, 9.17) is 28.9 Å². The number of benzene rings is 4. The molecule has 0 radical (unpaired) electrons. The van der Waals surface area contributed by atoms with E-state index in [1.807, 2.05) is 0 Å². The zero-order chi connectivity index (χ0) is 50.3. The molecule has 4 aromatic rings. The highest BCUT2D eigenvalue weighted by Gasteiger charge is 2.32. The van der Waals surface area contributed by atoms with Crippen LogP contribution in [0.2, 0.25) is 0 Å². The van der Waals surface area contributed by atoms with Crippen molar-refractivity contribution in [3.63, 3.8) is 0 Å². The number of rotatable bonds is 22. The van der Waals surface area contributed by atoms with Crippen LogP contribution in [0.5, 0.6) is 0 Å². The van der Waals surface area contributed by atoms with Gasteiger partial charge in [0.15, 0.2) is 23.1 Å². The lowest BCUT2D eigenvalue weighted by atomic mass is 9.83. The molecule has 0 aliphatic heterocycles. The maximum atomic E-state index is 13.3. The summed E-state index contributed by atoms with van der Waals surface area (Å²) in [6, 6.07) is 18.7. The molecule has 8 N–H and O–H groups in total. The first kappa shape index (κ1) is 55.5. The molecule has 0 unspecified atom stereocenters. The molecule has 0 saturated heterocycles. The number of unbranched alkanes of at least 4 members (excludes halogenated alkanes) is 3. The van der Waals surface area contributed by atoms with Crippen molar-refractivity contribution >= 4 is 92.7 Å². The van der Waals surface area contributed by atoms with Gasteiger partial charge >= 0.3 is 0 Å². The summed E-state index contributed by atoms with van der Waals surface area (Å²) in [5.74, 6) is -1.74. The van der Waals surface area contributed by atoms with Crippen LogP contribution in [-0.2, 0) is 19.2 Å². The van der Waals surface area contributed by atoms with Crippen LogP contribution in [0, 0.1) is 0 Å². The number of nitrogens with two attached hydrogens (primary N) is 1. The van der Waals surface area contributed by atoms with Crippen molar-refractivity contribution in [2.45, 2.75) is 85.0 Å². The normalized spacial score (nSPS) is 11.9. The number of fused-ring (bicyclic) bond motifs is 4. The van der Waals surface area contributed by atoms with Crippen LogP contribution in [0.3, 0.4) is 0 Å². The maximum absolute atomic E-state index is 13.3. The van der Waals surface area contributed by atoms with Crippen LogP contribution >= 0.6 is 23.2 Å². The number of amides is 4. The fourth-order valence-corrected chi connectivity index (χ4v) is 7.48. The molecule has 17 heteroatoms. The number of carbonyl (C=O) groups excluding carboxylic acids is 8. The van der Waals surface area contributed by atoms with Crippen molar-refractivity contribution in [2.75, 3.05) is 65.8 Å². The Labute approximate surface area is 413 Å². The predicted molar refractivity (Wildman–Crippen MR) is 273 cm³/mol. The SMILES string of the molecule is CCCCN.CCCCNCCC(=O)Nc1ccc2c(c1)C(=O)c1cc(NC(=O)CCNCCCC)ccc1C2=O.O=C(CCCl)Nc1ccc2c(c1)C(=O)c1cc(NC(=O)CCCl)ccc1C2=O. The molecule has 4 aromatic carbocycles. The topological polar surface area (TPSA) is 235 Å². The third-order valence-electron chi connectivity index (χ3n) is 10.8. The van der Waals surface area contributed by atoms with Crippen LogP contribution < -0.4 is 37.6 Å². The molecule has 4 amide bonds. The van der Waals surface area contributed by atoms with E-state index < -0.39 is 0 Å². The molecule has 0 aromatic heterocycles. The first-order valence-electron chi connectivity index (χ1n) is 23.5. The van der Waals surface area contributed by atoms with Gasteiger partial charge in [0.05, 0.1) is 0 Å². The number of hydrogen-bond acceptors (Lipinski definition) is 11. The van der Waals surface area contributed by atoms with Gasteiger partial charge < -0.3 is 37.6 Å². The zero-order valence-electron chi connectivity index (χ0n) is 39.5. The van der Waals surface area contributed by atoms with Crippen LogP contribution in [0.25, 0.3) is 0 Å². The molecule has 2 aliphatic carbocycles. The molecule has 6 rings (SSSR count). The minimum atomic E-state index is -0.355. The van der Waals surface area contributed by atoms with Crippen molar-refractivity contribution < 1.29 is 38.4 Å². The second kappa shape index (κ2) is 29.0. The van der Waals surface area contributed by atoms with Crippen molar-refractivity contribution in [3.05, 3.63) is 117 Å². The van der Waals surface area contributed by atoms with Crippen LogP contribution in [0.4, 0.5) is 22.7 Å². The Balaban J connectivity index is 0.000000280. The summed E-state index contributed by atoms with van der Waals surface area (Å²) in [5.41, 5.74) is 8.94. The molecule has 0 bridgehead atoms. The molecule has 15 nitrogen and oxygen atoms in total. The summed E-state index contributed by atoms with van der Waals surface area (Å²) in [6.45, 7) is 10.1. The number of anilines is 4. The van der Waals surface area contributed by atoms with Gasteiger partial charge in [0, 0.05) is 118 Å². The van der Waals surface area contributed by atoms with E-state index in [-0.39, 0.29) is 105 Å². The second-order valence-electron chi connectivity index (χ2n) is 16.3. The van der Waals surface area contributed by atoms with Gasteiger partial charge in [0.25, 0.3) is 0 Å². The smallest absolute Gasteiger partial charge is 0.225 e. The van der Waals surface area contributed by atoms with Gasteiger partial charge in [-0.05, 0) is 112 Å². The summed E-state index contributed by atoms with van der Waals surface area (Å²) in [7, 11) is 0. The summed E-state index contributed by atoms with van der Waals surface area (Å²) in [6.07, 6.45) is 7.60. The fourth-order valence-electron chi connectivity index (χ4n) is 7.14. The largest absolute Gasteiger partial charge is 0.330 e. The zero-order valence-corrected chi connectivity index (χ0v) is 41.1. The number of ketones is 4. The first-order chi connectivity index (χ1) is 33.3. The Bertz CT molecular complexity index is 2330. The number of carbonyl (C=O) groups is 8. The van der Waals surface area contributed by atoms with Crippen molar-refractivity contribution in [1.29, 1.82) is 0 Å². The maximum Gasteiger partial charge on any atom is 0.225 e. The summed E-state index contributed by atoms with van der Waals surface area (Å²) < 4.78 is 0. The van der Waals surface area contributed by atoms with E-state index in [2.05, 4.69) is 52.7 Å². The lowest BCUT2D eigenvalue weighted by Crippen LogP contribution is -2.24. The first-order valence-corrected chi connectivity index (χ1v) is 24.5. The average Bonchev–Trinajstić information content (AvgIpc) is 3.33. The van der Waals surface area contributed by atoms with E-state index in [1.54, 1.807) is 48.5 Å². The highest BCUT2D eigenvalue weighted by molar-refractivity contribution is 6.30. The lowest BCUT2D eigenvalue weighted by molar-refractivity contribution is -0.116. The standard InChI is InChI=1S/C28H36N4O4.C20H16Cl2N2O4.C4H11N/c1-3-5-13-29-15-11-25(33)31-19-7-9-21-23(17-19)28(36)24-18-20(8-10-22(24)27(21)35)32-26(34)12-16-30-14-6-4-2;21-7-5-17(25)23-11-1-3-13-15(9-11)20(28)16-10-12(24-18(26)6-8-22)2-4-14(16)19(13)27;1-2-3-4-5/h7-10,17-18,29-30H,3-6,11-16H2,1-2H3,(H,31,33)(H,32,34);1-4,9-10H,5-8H2,(H,23,25)(H,24,26);2-5H2,1H3. The van der Waals surface area contributed by atoms with Gasteiger partial charge in [0.1, 0.15) is 0 Å². The highest BCUT2D eigenvalue weighted by Crippen LogP contribution is 2.33. The Morgan fingerprint density at radius 1 is 0.406 bits per heavy atom. The van der Waals surface area contributed by atoms with E-state index >= 15 is 0 Å². The van der Waals surface area contributed by atoms with E-state index in [9.17, 15) is 38.4 Å². The van der Waals surface area contributed by atoms with Crippen molar-refractivity contribution in [3.8, 4) is 0 Å². The molecule has 2 aliphatic rings. The minimum absolute atomic E-state index is 0.139. The molecular weight excluding hydrogens is 922 g/mol. The Morgan fingerprint density at radius 3 is 0.928 bits per heavy atom. The lowest BCUT2D eigenvalue weighted by Gasteiger charge is -2.19. The summed E-state index contributed by atoms with van der Waals surface area (Å²) >= 11 is 11.1. The Hall–Kier alpha value is -6.10. The molecular formula is C52H63Cl2N7O8. The van der Waals surface area contributed by atoms with Gasteiger partial charge in [-0.25, -0.2) is 0 Å². The highest BCUT2D eigenvalue weighted by atomic mass is 35.5. The molecule has 69 heavy (non-hydrogen) atoms. The number of alkyl halides is 2. The van der Waals surface area contributed by atoms with Gasteiger partial charge in [-0.1, -0.05) is 40.0 Å². The minimum Gasteiger partial charge on any atom is -0.330 e. The van der Waals surface area contributed by atoms with Crippen LogP contribution in [0.15, 0.2) is 72.8 Å². The van der Waals surface area contributed by atoms with Crippen LogP contribution in [-0.4, -0.2) is 91.2 Å². The monoisotopic (exact) mass is 983 g/mol. The molecule has 368 valence electrons. The number of halogens is 2.